The monoisotopic (exact) mass is 262 g/mol. The van der Waals surface area contributed by atoms with Gasteiger partial charge in [-0.2, -0.15) is 0 Å². The summed E-state index contributed by atoms with van der Waals surface area (Å²) in [5, 5.41) is 0. The Labute approximate surface area is 109 Å². The van der Waals surface area contributed by atoms with E-state index in [1.807, 2.05) is 0 Å². The van der Waals surface area contributed by atoms with Gasteiger partial charge in [0.25, 0.3) is 0 Å². The molecule has 0 radical (unpaired) electrons. The van der Waals surface area contributed by atoms with Crippen LogP contribution in [0, 0.1) is 12.7 Å². The number of ether oxygens (including phenoxy) is 1. The number of benzene rings is 1. The van der Waals surface area contributed by atoms with Crippen molar-refractivity contribution >= 4 is 17.2 Å². The second kappa shape index (κ2) is 5.10. The molecular weight excluding hydrogens is 251 g/mol. The van der Waals surface area contributed by atoms with Crippen molar-refractivity contribution in [2.24, 2.45) is 5.73 Å². The lowest BCUT2D eigenvalue weighted by Crippen LogP contribution is -2.09. The Kier molecular flexibility index (Phi) is 3.53. The predicted octanol–water partition coefficient (Wildman–Crippen LogP) is 2.96. The van der Waals surface area contributed by atoms with Crippen molar-refractivity contribution in [1.29, 1.82) is 0 Å². The van der Waals surface area contributed by atoms with Gasteiger partial charge in [-0.15, -0.1) is 0 Å². The van der Waals surface area contributed by atoms with Crippen LogP contribution in [0.3, 0.4) is 0 Å². The molecule has 2 N–H and O–H groups in total. The maximum Gasteiger partial charge on any atom is 0.220 e. The molecule has 0 amide bonds. The number of aromatic nitrogens is 1. The zero-order valence-electron chi connectivity index (χ0n) is 9.68. The first kappa shape index (κ1) is 12.4. The molecule has 2 rings (SSSR count). The number of nitrogens with zero attached hydrogens (tertiary/aromatic N) is 1. The fourth-order valence-corrected chi connectivity index (χ4v) is 1.56. The van der Waals surface area contributed by atoms with Gasteiger partial charge >= 0.3 is 0 Å². The standard InChI is InChI=1S/C13H11FN2OS/c1-8-3-2-4-10(12(8)14)17-11-7-9(13(15)18)5-6-16-11/h2-7H,1H3,(H2,15,18). The van der Waals surface area contributed by atoms with E-state index in [2.05, 4.69) is 4.98 Å². The van der Waals surface area contributed by atoms with Gasteiger partial charge in [0, 0.05) is 17.8 Å². The van der Waals surface area contributed by atoms with Crippen molar-refractivity contribution in [1.82, 2.24) is 4.98 Å². The minimum Gasteiger partial charge on any atom is -0.436 e. The number of rotatable bonds is 3. The molecule has 1 aromatic heterocycles. The van der Waals surface area contributed by atoms with E-state index in [1.54, 1.807) is 31.2 Å². The normalized spacial score (nSPS) is 10.1. The smallest absolute Gasteiger partial charge is 0.220 e. The Hall–Kier alpha value is -2.01. The highest BCUT2D eigenvalue weighted by molar-refractivity contribution is 7.80. The summed E-state index contributed by atoms with van der Waals surface area (Å²) in [6, 6.07) is 8.16. The molecule has 0 unspecified atom stereocenters. The minimum absolute atomic E-state index is 0.127. The van der Waals surface area contributed by atoms with Gasteiger partial charge in [-0.25, -0.2) is 9.37 Å². The topological polar surface area (TPSA) is 48.1 Å². The van der Waals surface area contributed by atoms with Gasteiger partial charge in [0.05, 0.1) is 0 Å². The fraction of sp³-hybridized carbons (Fsp3) is 0.0769. The summed E-state index contributed by atoms with van der Waals surface area (Å²) in [7, 11) is 0. The predicted molar refractivity (Wildman–Crippen MR) is 71.3 cm³/mol. The number of halogens is 1. The van der Waals surface area contributed by atoms with Crippen LogP contribution >= 0.6 is 12.2 Å². The third kappa shape index (κ3) is 2.62. The van der Waals surface area contributed by atoms with E-state index in [9.17, 15) is 4.39 Å². The average molecular weight is 262 g/mol. The molecular formula is C13H11FN2OS. The van der Waals surface area contributed by atoms with Gasteiger partial charge in [-0.05, 0) is 24.6 Å². The van der Waals surface area contributed by atoms with Crippen molar-refractivity contribution in [2.45, 2.75) is 6.92 Å². The molecule has 92 valence electrons. The van der Waals surface area contributed by atoms with Crippen LogP contribution in [0.2, 0.25) is 0 Å². The van der Waals surface area contributed by atoms with Crippen molar-refractivity contribution in [3.8, 4) is 11.6 Å². The molecule has 0 bridgehead atoms. The highest BCUT2D eigenvalue weighted by Crippen LogP contribution is 2.25. The summed E-state index contributed by atoms with van der Waals surface area (Å²) in [6.07, 6.45) is 1.51. The van der Waals surface area contributed by atoms with Crippen LogP contribution < -0.4 is 10.5 Å². The molecule has 0 saturated heterocycles. The second-order valence-corrected chi connectivity index (χ2v) is 4.18. The van der Waals surface area contributed by atoms with E-state index in [4.69, 9.17) is 22.7 Å². The summed E-state index contributed by atoms with van der Waals surface area (Å²) >= 11 is 4.85. The van der Waals surface area contributed by atoms with Gasteiger partial charge in [-0.1, -0.05) is 24.4 Å². The van der Waals surface area contributed by atoms with Crippen molar-refractivity contribution in [3.63, 3.8) is 0 Å². The first-order valence-corrected chi connectivity index (χ1v) is 5.67. The third-order valence-corrected chi connectivity index (χ3v) is 2.63. The summed E-state index contributed by atoms with van der Waals surface area (Å²) in [4.78, 5) is 4.23. The molecule has 5 heteroatoms. The average Bonchev–Trinajstić information content (AvgIpc) is 2.35. The summed E-state index contributed by atoms with van der Waals surface area (Å²) in [5.74, 6) is -0.0209. The first-order chi connectivity index (χ1) is 8.58. The molecule has 0 saturated carbocycles. The Morgan fingerprint density at radius 1 is 1.39 bits per heavy atom. The van der Waals surface area contributed by atoms with Crippen LogP contribution in [0.25, 0.3) is 0 Å². The summed E-state index contributed by atoms with van der Waals surface area (Å²) in [6.45, 7) is 1.67. The van der Waals surface area contributed by atoms with E-state index in [-0.39, 0.29) is 16.6 Å². The van der Waals surface area contributed by atoms with Gasteiger partial charge in [-0.3, -0.25) is 0 Å². The van der Waals surface area contributed by atoms with Crippen LogP contribution in [-0.2, 0) is 0 Å². The molecule has 0 aliphatic heterocycles. The van der Waals surface area contributed by atoms with Crippen molar-refractivity contribution in [2.75, 3.05) is 0 Å². The lowest BCUT2D eigenvalue weighted by Gasteiger charge is -2.08. The Morgan fingerprint density at radius 3 is 2.89 bits per heavy atom. The lowest BCUT2D eigenvalue weighted by atomic mass is 10.2. The first-order valence-electron chi connectivity index (χ1n) is 5.27. The molecule has 0 aliphatic rings. The summed E-state index contributed by atoms with van der Waals surface area (Å²) < 4.78 is 19.1. The second-order valence-electron chi connectivity index (χ2n) is 3.74. The molecule has 0 aliphatic carbocycles. The van der Waals surface area contributed by atoms with E-state index in [0.717, 1.165) is 0 Å². The molecule has 0 spiro atoms. The highest BCUT2D eigenvalue weighted by atomic mass is 32.1. The van der Waals surface area contributed by atoms with Crippen LogP contribution in [0.15, 0.2) is 36.5 Å². The number of pyridine rings is 1. The zero-order chi connectivity index (χ0) is 13.1. The Morgan fingerprint density at radius 2 is 2.17 bits per heavy atom. The SMILES string of the molecule is Cc1cccc(Oc2cc(C(N)=S)ccn2)c1F. The van der Waals surface area contributed by atoms with Gasteiger partial charge in [0.1, 0.15) is 4.99 Å². The molecule has 2 aromatic rings. The highest BCUT2D eigenvalue weighted by Gasteiger charge is 2.08. The van der Waals surface area contributed by atoms with Crippen LogP contribution in [0.1, 0.15) is 11.1 Å². The number of hydrogen-bond acceptors (Lipinski definition) is 3. The quantitative estimate of drug-likeness (QED) is 0.864. The Balaban J connectivity index is 2.31. The van der Waals surface area contributed by atoms with Crippen LogP contribution in [0.4, 0.5) is 4.39 Å². The van der Waals surface area contributed by atoms with Gasteiger partial charge < -0.3 is 10.5 Å². The number of hydrogen-bond donors (Lipinski definition) is 1. The number of nitrogens with two attached hydrogens (primary N) is 1. The molecule has 0 fully saturated rings. The van der Waals surface area contributed by atoms with Crippen LogP contribution in [-0.4, -0.2) is 9.97 Å². The largest absolute Gasteiger partial charge is 0.436 e. The number of aryl methyl sites for hydroxylation is 1. The van der Waals surface area contributed by atoms with Gasteiger partial charge in [0.15, 0.2) is 11.6 Å². The minimum atomic E-state index is -0.403. The maximum atomic E-state index is 13.7. The van der Waals surface area contributed by atoms with E-state index in [1.165, 1.54) is 12.3 Å². The van der Waals surface area contributed by atoms with E-state index < -0.39 is 5.82 Å². The molecule has 18 heavy (non-hydrogen) atoms. The zero-order valence-corrected chi connectivity index (χ0v) is 10.5. The Bertz CT molecular complexity index is 601. The van der Waals surface area contributed by atoms with Crippen LogP contribution in [0.5, 0.6) is 11.6 Å². The molecule has 1 aromatic carbocycles. The van der Waals surface area contributed by atoms with Crippen molar-refractivity contribution in [3.05, 3.63) is 53.5 Å². The van der Waals surface area contributed by atoms with E-state index in [0.29, 0.717) is 11.1 Å². The third-order valence-electron chi connectivity index (χ3n) is 2.39. The number of thiocarbonyl (C=S) groups is 1. The lowest BCUT2D eigenvalue weighted by molar-refractivity contribution is 0.425. The molecule has 1 heterocycles. The van der Waals surface area contributed by atoms with Gasteiger partial charge in [0.2, 0.25) is 5.88 Å². The maximum absolute atomic E-state index is 13.7. The van der Waals surface area contributed by atoms with Crippen molar-refractivity contribution < 1.29 is 9.13 Å². The van der Waals surface area contributed by atoms with E-state index >= 15 is 0 Å². The molecule has 0 atom stereocenters. The fourth-order valence-electron chi connectivity index (χ4n) is 1.43. The molecule has 3 nitrogen and oxygen atoms in total. The summed E-state index contributed by atoms with van der Waals surface area (Å²) in [5.41, 5.74) is 6.64.